The average Bonchev–Trinajstić information content (AvgIpc) is 3.32. The smallest absolute Gasteiger partial charge is 0.411 e. The van der Waals surface area contributed by atoms with Crippen LogP contribution in [0.1, 0.15) is 20.3 Å². The minimum Gasteiger partial charge on any atom is -0.491 e. The van der Waals surface area contributed by atoms with Gasteiger partial charge in [0.1, 0.15) is 28.8 Å². The quantitative estimate of drug-likeness (QED) is 0.690. The first-order valence-electron chi connectivity index (χ1n) is 9.26. The van der Waals surface area contributed by atoms with Crippen molar-refractivity contribution in [1.82, 2.24) is 9.97 Å². The largest absolute Gasteiger partial charge is 0.491 e. The number of fused-ring (bicyclic) bond motifs is 1. The summed E-state index contributed by atoms with van der Waals surface area (Å²) in [7, 11) is 0. The van der Waals surface area contributed by atoms with Crippen LogP contribution in [0.25, 0.3) is 10.2 Å². The lowest BCUT2D eigenvalue weighted by Gasteiger charge is -2.18. The first-order valence-corrected chi connectivity index (χ1v) is 10.1. The Bertz CT molecular complexity index is 957. The molecule has 1 saturated heterocycles. The van der Waals surface area contributed by atoms with E-state index in [0.717, 1.165) is 34.7 Å². The van der Waals surface area contributed by atoms with E-state index in [1.165, 1.54) is 0 Å². The number of ether oxygens (including phenoxy) is 2. The molecule has 146 valence electrons. The molecule has 1 aliphatic heterocycles. The van der Waals surface area contributed by atoms with Crippen molar-refractivity contribution in [3.63, 3.8) is 0 Å². The van der Waals surface area contributed by atoms with Crippen molar-refractivity contribution in [3.8, 4) is 5.75 Å². The van der Waals surface area contributed by atoms with E-state index in [1.54, 1.807) is 29.8 Å². The molecule has 1 aromatic carbocycles. The molecule has 1 atom stereocenters. The molecule has 3 heterocycles. The van der Waals surface area contributed by atoms with Crippen molar-refractivity contribution in [2.24, 2.45) is 0 Å². The second-order valence-corrected chi connectivity index (χ2v) is 7.81. The van der Waals surface area contributed by atoms with Gasteiger partial charge in [0, 0.05) is 18.7 Å². The lowest BCUT2D eigenvalue weighted by Crippen LogP contribution is -2.27. The zero-order valence-corrected chi connectivity index (χ0v) is 16.6. The lowest BCUT2D eigenvalue weighted by atomic mass is 10.3. The third-order valence-corrected chi connectivity index (χ3v) is 5.25. The SMILES string of the molecule is CC(C)Oc1ccc(NC(=O)OC2CCN(c3ncnc4sccc34)C2)cc1. The van der Waals surface area contributed by atoms with E-state index >= 15 is 0 Å². The Morgan fingerprint density at radius 3 is 2.86 bits per heavy atom. The normalized spacial score (nSPS) is 16.5. The van der Waals surface area contributed by atoms with Crippen LogP contribution in [-0.2, 0) is 4.74 Å². The number of carbonyl (C=O) groups excluding carboxylic acids is 1. The van der Waals surface area contributed by atoms with Gasteiger partial charge in [0.15, 0.2) is 0 Å². The Morgan fingerprint density at radius 2 is 2.07 bits per heavy atom. The van der Waals surface area contributed by atoms with Gasteiger partial charge in [0.2, 0.25) is 0 Å². The van der Waals surface area contributed by atoms with Gasteiger partial charge in [-0.2, -0.15) is 0 Å². The number of benzene rings is 1. The summed E-state index contributed by atoms with van der Waals surface area (Å²) < 4.78 is 11.2. The van der Waals surface area contributed by atoms with Gasteiger partial charge in [-0.05, 0) is 49.6 Å². The molecule has 0 saturated carbocycles. The zero-order chi connectivity index (χ0) is 19.5. The fraction of sp³-hybridized carbons (Fsp3) is 0.350. The van der Waals surface area contributed by atoms with Gasteiger partial charge in [-0.25, -0.2) is 14.8 Å². The van der Waals surface area contributed by atoms with Crippen molar-refractivity contribution in [2.45, 2.75) is 32.5 Å². The predicted molar refractivity (Wildman–Crippen MR) is 110 cm³/mol. The molecule has 28 heavy (non-hydrogen) atoms. The Kier molecular flexibility index (Phi) is 5.29. The zero-order valence-electron chi connectivity index (χ0n) is 15.8. The maximum atomic E-state index is 12.2. The van der Waals surface area contributed by atoms with Crippen LogP contribution in [0, 0.1) is 0 Å². The second kappa shape index (κ2) is 8.02. The van der Waals surface area contributed by atoms with Crippen LogP contribution in [0.3, 0.4) is 0 Å². The molecular formula is C20H22N4O3S. The number of carbonyl (C=O) groups is 1. The number of nitrogens with one attached hydrogen (secondary N) is 1. The molecule has 4 rings (SSSR count). The number of hydrogen-bond acceptors (Lipinski definition) is 7. The molecule has 0 aliphatic carbocycles. The molecule has 0 spiro atoms. The van der Waals surface area contributed by atoms with E-state index in [2.05, 4.69) is 20.2 Å². The maximum Gasteiger partial charge on any atom is 0.411 e. The number of amides is 1. The second-order valence-electron chi connectivity index (χ2n) is 6.91. The number of thiophene rings is 1. The number of anilines is 2. The van der Waals surface area contributed by atoms with Crippen molar-refractivity contribution < 1.29 is 14.3 Å². The predicted octanol–water partition coefficient (Wildman–Crippen LogP) is 4.31. The molecule has 1 fully saturated rings. The summed E-state index contributed by atoms with van der Waals surface area (Å²) in [6, 6.07) is 9.29. The van der Waals surface area contributed by atoms with Crippen LogP contribution in [-0.4, -0.2) is 41.4 Å². The standard InChI is InChI=1S/C20H22N4O3S/c1-13(2)26-15-5-3-14(4-6-15)23-20(25)27-16-7-9-24(11-16)18-17-8-10-28-19(17)22-12-21-18/h3-6,8,10,12-13,16H,7,9,11H2,1-2H3,(H,23,25). The van der Waals surface area contributed by atoms with Gasteiger partial charge in [0.05, 0.1) is 18.0 Å². The van der Waals surface area contributed by atoms with E-state index in [0.29, 0.717) is 12.2 Å². The summed E-state index contributed by atoms with van der Waals surface area (Å²) in [6.45, 7) is 5.36. The van der Waals surface area contributed by atoms with E-state index in [-0.39, 0.29) is 12.2 Å². The minimum absolute atomic E-state index is 0.110. The van der Waals surface area contributed by atoms with Crippen molar-refractivity contribution >= 4 is 39.2 Å². The van der Waals surface area contributed by atoms with Crippen LogP contribution < -0.4 is 15.0 Å². The first-order chi connectivity index (χ1) is 13.6. The van der Waals surface area contributed by atoms with E-state index in [1.807, 2.05) is 37.4 Å². The van der Waals surface area contributed by atoms with Gasteiger partial charge in [-0.3, -0.25) is 5.32 Å². The summed E-state index contributed by atoms with van der Waals surface area (Å²) in [5.41, 5.74) is 0.673. The molecule has 1 aliphatic rings. The number of hydrogen-bond donors (Lipinski definition) is 1. The molecule has 0 bridgehead atoms. The fourth-order valence-electron chi connectivity index (χ4n) is 3.23. The average molecular weight is 398 g/mol. The number of aromatic nitrogens is 2. The molecule has 1 N–H and O–H groups in total. The number of nitrogens with zero attached hydrogens (tertiary/aromatic N) is 3. The van der Waals surface area contributed by atoms with Crippen LogP contribution in [0.5, 0.6) is 5.75 Å². The molecule has 8 heteroatoms. The molecule has 1 amide bonds. The Morgan fingerprint density at radius 1 is 1.25 bits per heavy atom. The molecule has 7 nitrogen and oxygen atoms in total. The van der Waals surface area contributed by atoms with Crippen LogP contribution in [0.2, 0.25) is 0 Å². The monoisotopic (exact) mass is 398 g/mol. The van der Waals surface area contributed by atoms with Crippen LogP contribution in [0.4, 0.5) is 16.3 Å². The molecular weight excluding hydrogens is 376 g/mol. The first kappa shape index (κ1) is 18.5. The van der Waals surface area contributed by atoms with Crippen LogP contribution >= 0.6 is 11.3 Å². The lowest BCUT2D eigenvalue weighted by molar-refractivity contribution is 0.122. The van der Waals surface area contributed by atoms with E-state index < -0.39 is 6.09 Å². The Balaban J connectivity index is 1.33. The van der Waals surface area contributed by atoms with E-state index in [4.69, 9.17) is 9.47 Å². The van der Waals surface area contributed by atoms with E-state index in [9.17, 15) is 4.79 Å². The highest BCUT2D eigenvalue weighted by molar-refractivity contribution is 7.16. The molecule has 2 aromatic heterocycles. The summed E-state index contributed by atoms with van der Waals surface area (Å²) in [4.78, 5) is 24.1. The van der Waals surface area contributed by atoms with Gasteiger partial charge >= 0.3 is 6.09 Å². The van der Waals surface area contributed by atoms with Gasteiger partial charge in [-0.1, -0.05) is 0 Å². The van der Waals surface area contributed by atoms with Crippen molar-refractivity contribution in [3.05, 3.63) is 42.0 Å². The Hall–Kier alpha value is -2.87. The highest BCUT2D eigenvalue weighted by Gasteiger charge is 2.28. The fourth-order valence-corrected chi connectivity index (χ4v) is 3.96. The third kappa shape index (κ3) is 4.17. The Labute approximate surface area is 167 Å². The minimum atomic E-state index is -0.451. The van der Waals surface area contributed by atoms with Crippen LogP contribution in [0.15, 0.2) is 42.0 Å². The van der Waals surface area contributed by atoms with Gasteiger partial charge < -0.3 is 14.4 Å². The summed E-state index contributed by atoms with van der Waals surface area (Å²) in [5.74, 6) is 1.67. The maximum absolute atomic E-state index is 12.2. The highest BCUT2D eigenvalue weighted by atomic mass is 32.1. The van der Waals surface area contributed by atoms with Gasteiger partial charge in [-0.15, -0.1) is 11.3 Å². The molecule has 3 aromatic rings. The van der Waals surface area contributed by atoms with Crippen molar-refractivity contribution in [1.29, 1.82) is 0 Å². The third-order valence-electron chi connectivity index (χ3n) is 4.43. The van der Waals surface area contributed by atoms with Crippen molar-refractivity contribution in [2.75, 3.05) is 23.3 Å². The summed E-state index contributed by atoms with van der Waals surface area (Å²) >= 11 is 1.59. The molecule has 1 unspecified atom stereocenters. The molecule has 0 radical (unpaired) electrons. The number of rotatable bonds is 5. The highest BCUT2D eigenvalue weighted by Crippen LogP contribution is 2.29. The topological polar surface area (TPSA) is 76.6 Å². The van der Waals surface area contributed by atoms with Gasteiger partial charge in [0.25, 0.3) is 0 Å². The summed E-state index contributed by atoms with van der Waals surface area (Å²) in [6.07, 6.45) is 1.84. The summed E-state index contributed by atoms with van der Waals surface area (Å²) in [5, 5.41) is 5.82.